The fourth-order valence-corrected chi connectivity index (χ4v) is 3.45. The maximum Gasteiger partial charge on any atom is 0.410 e. The van der Waals surface area contributed by atoms with Crippen molar-refractivity contribution >= 4 is 12.0 Å². The van der Waals surface area contributed by atoms with E-state index in [2.05, 4.69) is 0 Å². The topological polar surface area (TPSA) is 49.9 Å². The van der Waals surface area contributed by atoms with Crippen molar-refractivity contribution in [2.75, 3.05) is 13.1 Å². The number of carbonyl (C=O) groups is 2. The number of amides is 2. The number of piperidine rings is 1. The summed E-state index contributed by atoms with van der Waals surface area (Å²) < 4.78 is 19.4. The van der Waals surface area contributed by atoms with Crippen molar-refractivity contribution in [2.24, 2.45) is 5.92 Å². The summed E-state index contributed by atoms with van der Waals surface area (Å²) in [6.07, 6.45) is 2.89. The molecule has 0 bridgehead atoms. The molecule has 148 valence electrons. The number of nitrogens with zero attached hydrogens (tertiary/aromatic N) is 2. The molecule has 27 heavy (non-hydrogen) atoms. The number of rotatable bonds is 4. The third-order valence-corrected chi connectivity index (χ3v) is 5.07. The van der Waals surface area contributed by atoms with Crippen molar-refractivity contribution in [1.82, 2.24) is 9.80 Å². The van der Waals surface area contributed by atoms with Gasteiger partial charge in [0.25, 0.3) is 0 Å². The minimum absolute atomic E-state index is 0.0876. The summed E-state index contributed by atoms with van der Waals surface area (Å²) in [6.45, 7) is 6.89. The van der Waals surface area contributed by atoms with Crippen molar-refractivity contribution < 1.29 is 18.7 Å². The Labute approximate surface area is 160 Å². The summed E-state index contributed by atoms with van der Waals surface area (Å²) in [6, 6.07) is 6.86. The van der Waals surface area contributed by atoms with Gasteiger partial charge in [0.05, 0.1) is 0 Å². The predicted molar refractivity (Wildman–Crippen MR) is 101 cm³/mol. The van der Waals surface area contributed by atoms with E-state index in [4.69, 9.17) is 4.74 Å². The predicted octanol–water partition coefficient (Wildman–Crippen LogP) is 3.96. The van der Waals surface area contributed by atoms with Crippen LogP contribution in [0.5, 0.6) is 0 Å². The zero-order chi connectivity index (χ0) is 19.6. The molecule has 0 aromatic heterocycles. The van der Waals surface area contributed by atoms with E-state index in [0.717, 1.165) is 12.8 Å². The van der Waals surface area contributed by atoms with Crippen molar-refractivity contribution in [2.45, 2.75) is 64.6 Å². The zero-order valence-corrected chi connectivity index (χ0v) is 16.4. The van der Waals surface area contributed by atoms with E-state index in [1.54, 1.807) is 23.1 Å². The van der Waals surface area contributed by atoms with Gasteiger partial charge >= 0.3 is 6.09 Å². The summed E-state index contributed by atoms with van der Waals surface area (Å²) >= 11 is 0. The molecule has 6 heteroatoms. The molecular formula is C21H29FN2O3. The third-order valence-electron chi connectivity index (χ3n) is 5.07. The first-order valence-corrected chi connectivity index (χ1v) is 9.76. The number of hydrogen-bond acceptors (Lipinski definition) is 3. The Morgan fingerprint density at radius 2 is 1.78 bits per heavy atom. The Hall–Kier alpha value is -2.11. The summed E-state index contributed by atoms with van der Waals surface area (Å²) in [5.74, 6) is -0.295. The van der Waals surface area contributed by atoms with Crippen LogP contribution in [-0.4, -0.2) is 46.5 Å². The lowest BCUT2D eigenvalue weighted by Crippen LogP contribution is -2.46. The van der Waals surface area contributed by atoms with Crippen LogP contribution < -0.4 is 0 Å². The molecule has 1 heterocycles. The van der Waals surface area contributed by atoms with Gasteiger partial charge in [0.1, 0.15) is 11.4 Å². The summed E-state index contributed by atoms with van der Waals surface area (Å²) in [4.78, 5) is 28.8. The van der Waals surface area contributed by atoms with Crippen LogP contribution in [0.25, 0.3) is 0 Å². The van der Waals surface area contributed by atoms with Gasteiger partial charge in [-0.3, -0.25) is 4.79 Å². The Morgan fingerprint density at radius 3 is 2.33 bits per heavy atom. The minimum atomic E-state index is -0.522. The SMILES string of the molecule is CC(C)(C)OC(=O)N1CCC(C(=O)N(Cc2ccccc2F)C2CC2)CC1. The fraction of sp³-hybridized carbons (Fsp3) is 0.619. The fourth-order valence-electron chi connectivity index (χ4n) is 3.45. The van der Waals surface area contributed by atoms with E-state index in [9.17, 15) is 14.0 Å². The molecule has 3 rings (SSSR count). The molecule has 0 radical (unpaired) electrons. The van der Waals surface area contributed by atoms with Crippen LogP contribution in [0.1, 0.15) is 52.0 Å². The lowest BCUT2D eigenvalue weighted by atomic mass is 9.95. The van der Waals surface area contributed by atoms with Gasteiger partial charge in [-0.05, 0) is 52.5 Å². The van der Waals surface area contributed by atoms with E-state index in [1.807, 2.05) is 25.7 Å². The number of hydrogen-bond donors (Lipinski definition) is 0. The van der Waals surface area contributed by atoms with Gasteiger partial charge < -0.3 is 14.5 Å². The highest BCUT2D eigenvalue weighted by Crippen LogP contribution is 2.32. The maximum absolute atomic E-state index is 14.0. The first kappa shape index (κ1) is 19.6. The molecule has 1 aliphatic carbocycles. The lowest BCUT2D eigenvalue weighted by Gasteiger charge is -2.35. The molecular weight excluding hydrogens is 347 g/mol. The molecule has 0 unspecified atom stereocenters. The molecule has 1 aromatic carbocycles. The van der Waals surface area contributed by atoms with Crippen LogP contribution in [0.3, 0.4) is 0 Å². The molecule has 0 N–H and O–H groups in total. The third kappa shape index (κ3) is 5.21. The average molecular weight is 376 g/mol. The van der Waals surface area contributed by atoms with Gasteiger partial charge in [-0.25, -0.2) is 9.18 Å². The first-order chi connectivity index (χ1) is 12.7. The molecule has 0 atom stereocenters. The molecule has 2 aliphatic rings. The van der Waals surface area contributed by atoms with Crippen molar-refractivity contribution in [1.29, 1.82) is 0 Å². The van der Waals surface area contributed by atoms with E-state index >= 15 is 0 Å². The van der Waals surface area contributed by atoms with Gasteiger partial charge in [0.15, 0.2) is 0 Å². The molecule has 1 aromatic rings. The van der Waals surface area contributed by atoms with E-state index in [-0.39, 0.29) is 29.8 Å². The Morgan fingerprint density at radius 1 is 1.15 bits per heavy atom. The van der Waals surface area contributed by atoms with E-state index < -0.39 is 5.60 Å². The smallest absolute Gasteiger partial charge is 0.410 e. The molecule has 1 saturated carbocycles. The second-order valence-corrected chi connectivity index (χ2v) is 8.53. The second-order valence-electron chi connectivity index (χ2n) is 8.53. The van der Waals surface area contributed by atoms with Gasteiger partial charge in [-0.1, -0.05) is 18.2 Å². The Balaban J connectivity index is 1.58. The van der Waals surface area contributed by atoms with Crippen molar-refractivity contribution in [3.05, 3.63) is 35.6 Å². The summed E-state index contributed by atoms with van der Waals surface area (Å²) in [5.41, 5.74) is 0.0377. The quantitative estimate of drug-likeness (QED) is 0.799. The number of ether oxygens (including phenoxy) is 1. The normalized spacial score (nSPS) is 18.3. The van der Waals surface area contributed by atoms with E-state index in [0.29, 0.717) is 38.0 Å². The van der Waals surface area contributed by atoms with Crippen molar-refractivity contribution in [3.8, 4) is 0 Å². The lowest BCUT2D eigenvalue weighted by molar-refractivity contribution is -0.138. The summed E-state index contributed by atoms with van der Waals surface area (Å²) in [7, 11) is 0. The number of halogens is 1. The molecule has 2 amide bonds. The van der Waals surface area contributed by atoms with Crippen LogP contribution >= 0.6 is 0 Å². The van der Waals surface area contributed by atoms with Crippen LogP contribution in [0.2, 0.25) is 0 Å². The van der Waals surface area contributed by atoms with Gasteiger partial charge in [-0.15, -0.1) is 0 Å². The first-order valence-electron chi connectivity index (χ1n) is 9.76. The molecule has 1 aliphatic heterocycles. The summed E-state index contributed by atoms with van der Waals surface area (Å²) in [5, 5.41) is 0. The molecule has 1 saturated heterocycles. The molecule has 5 nitrogen and oxygen atoms in total. The monoisotopic (exact) mass is 376 g/mol. The van der Waals surface area contributed by atoms with Crippen LogP contribution in [0.4, 0.5) is 9.18 Å². The molecule has 2 fully saturated rings. The van der Waals surface area contributed by atoms with Gasteiger partial charge in [0.2, 0.25) is 5.91 Å². The van der Waals surface area contributed by atoms with Gasteiger partial charge in [-0.2, -0.15) is 0 Å². The number of likely N-dealkylation sites (tertiary alicyclic amines) is 1. The maximum atomic E-state index is 14.0. The van der Waals surface area contributed by atoms with E-state index in [1.165, 1.54) is 6.07 Å². The van der Waals surface area contributed by atoms with Gasteiger partial charge in [0, 0.05) is 37.2 Å². The standard InChI is InChI=1S/C21H29FN2O3/c1-21(2,3)27-20(26)23-12-10-15(11-13-23)19(25)24(17-8-9-17)14-16-6-4-5-7-18(16)22/h4-7,15,17H,8-14H2,1-3H3. The largest absolute Gasteiger partial charge is 0.444 e. The highest BCUT2D eigenvalue weighted by molar-refractivity contribution is 5.80. The second kappa shape index (κ2) is 7.87. The highest BCUT2D eigenvalue weighted by Gasteiger charge is 2.38. The zero-order valence-electron chi connectivity index (χ0n) is 16.4. The van der Waals surface area contributed by atoms with Crippen LogP contribution in [0, 0.1) is 11.7 Å². The highest BCUT2D eigenvalue weighted by atomic mass is 19.1. The minimum Gasteiger partial charge on any atom is -0.444 e. The Bertz CT molecular complexity index is 689. The van der Waals surface area contributed by atoms with Crippen LogP contribution in [-0.2, 0) is 16.1 Å². The number of benzene rings is 1. The average Bonchev–Trinajstić information content (AvgIpc) is 3.44. The van der Waals surface area contributed by atoms with Crippen molar-refractivity contribution in [3.63, 3.8) is 0 Å². The molecule has 0 spiro atoms. The Kier molecular flexibility index (Phi) is 5.72. The van der Waals surface area contributed by atoms with Crippen LogP contribution in [0.15, 0.2) is 24.3 Å². The number of carbonyl (C=O) groups excluding carboxylic acids is 2.